The Balaban J connectivity index is 3.16. The zero-order chi connectivity index (χ0) is 13.8. The summed E-state index contributed by atoms with van der Waals surface area (Å²) >= 11 is 0. The summed E-state index contributed by atoms with van der Waals surface area (Å²) in [7, 11) is -3.41. The lowest BCUT2D eigenvalue weighted by Gasteiger charge is -2.14. The second-order valence-corrected chi connectivity index (χ2v) is 5.88. The van der Waals surface area contributed by atoms with Crippen molar-refractivity contribution in [3.8, 4) is 5.75 Å². The smallest absolute Gasteiger partial charge is 0.240 e. The first-order valence-corrected chi connectivity index (χ1v) is 7.65. The molecule has 1 aromatic carbocycles. The van der Waals surface area contributed by atoms with E-state index in [1.807, 2.05) is 20.8 Å². The maximum atomic E-state index is 12.1. The number of sulfonamides is 1. The summed E-state index contributed by atoms with van der Waals surface area (Å²) in [6, 6.07) is 3.32. The van der Waals surface area contributed by atoms with Crippen molar-refractivity contribution in [2.75, 3.05) is 13.2 Å². The highest BCUT2D eigenvalue weighted by Crippen LogP contribution is 2.26. The van der Waals surface area contributed by atoms with Crippen LogP contribution in [0.2, 0.25) is 0 Å². The highest BCUT2D eigenvalue weighted by Gasteiger charge is 2.18. The number of ether oxygens (including phenoxy) is 1. The molecule has 0 saturated carbocycles. The van der Waals surface area contributed by atoms with Gasteiger partial charge >= 0.3 is 0 Å². The molecule has 0 amide bonds. The van der Waals surface area contributed by atoms with Gasteiger partial charge in [-0.25, -0.2) is 13.1 Å². The predicted molar refractivity (Wildman–Crippen MR) is 72.6 cm³/mol. The second kappa shape index (κ2) is 6.20. The summed E-state index contributed by atoms with van der Waals surface area (Å²) in [5, 5.41) is 0. The summed E-state index contributed by atoms with van der Waals surface area (Å²) in [5.41, 5.74) is 1.61. The molecular formula is C13H21NO3S. The molecule has 0 aliphatic carbocycles. The molecule has 1 N–H and O–H groups in total. The topological polar surface area (TPSA) is 55.4 Å². The van der Waals surface area contributed by atoms with Crippen molar-refractivity contribution in [1.29, 1.82) is 0 Å². The highest BCUT2D eigenvalue weighted by atomic mass is 32.2. The number of nitrogens with one attached hydrogen (secondary N) is 1. The quantitative estimate of drug-likeness (QED) is 0.864. The van der Waals surface area contributed by atoms with Gasteiger partial charge in [0.05, 0.1) is 11.5 Å². The molecule has 102 valence electrons. The Hall–Kier alpha value is -1.07. The molecule has 4 nitrogen and oxygen atoms in total. The summed E-state index contributed by atoms with van der Waals surface area (Å²) in [6.45, 7) is 8.53. The molecule has 1 aromatic rings. The van der Waals surface area contributed by atoms with Gasteiger partial charge in [-0.2, -0.15) is 0 Å². The van der Waals surface area contributed by atoms with E-state index in [4.69, 9.17) is 4.74 Å². The minimum atomic E-state index is -3.41. The molecule has 0 saturated heterocycles. The fraction of sp³-hybridized carbons (Fsp3) is 0.538. The van der Waals surface area contributed by atoms with Crippen molar-refractivity contribution in [2.45, 2.75) is 39.0 Å². The molecule has 5 heteroatoms. The third kappa shape index (κ3) is 3.23. The predicted octanol–water partition coefficient (Wildman–Crippen LogP) is 2.39. The van der Waals surface area contributed by atoms with Gasteiger partial charge in [0.2, 0.25) is 10.0 Å². The van der Waals surface area contributed by atoms with Crippen molar-refractivity contribution in [1.82, 2.24) is 4.72 Å². The fourth-order valence-electron chi connectivity index (χ4n) is 1.69. The van der Waals surface area contributed by atoms with E-state index in [9.17, 15) is 8.42 Å². The van der Waals surface area contributed by atoms with Gasteiger partial charge in [0.25, 0.3) is 0 Å². The van der Waals surface area contributed by atoms with E-state index in [1.54, 1.807) is 19.1 Å². The molecular weight excluding hydrogens is 250 g/mol. The first kappa shape index (κ1) is 15.0. The van der Waals surface area contributed by atoms with E-state index in [0.29, 0.717) is 18.0 Å². The van der Waals surface area contributed by atoms with E-state index in [-0.39, 0.29) is 0 Å². The lowest BCUT2D eigenvalue weighted by molar-refractivity contribution is 0.337. The minimum Gasteiger partial charge on any atom is -0.494 e. The molecule has 0 bridgehead atoms. The number of hydrogen-bond acceptors (Lipinski definition) is 3. The molecule has 0 aliphatic heterocycles. The van der Waals surface area contributed by atoms with Crippen LogP contribution in [0.1, 0.15) is 31.4 Å². The average Bonchev–Trinajstić information content (AvgIpc) is 2.32. The van der Waals surface area contributed by atoms with Crippen molar-refractivity contribution in [3.63, 3.8) is 0 Å². The van der Waals surface area contributed by atoms with Gasteiger partial charge in [0, 0.05) is 6.54 Å². The Kier molecular flexibility index (Phi) is 5.16. The van der Waals surface area contributed by atoms with Crippen LogP contribution in [0.5, 0.6) is 5.75 Å². The summed E-state index contributed by atoms with van der Waals surface area (Å²) in [4.78, 5) is 0.330. The van der Waals surface area contributed by atoms with Crippen LogP contribution in [0.4, 0.5) is 0 Å². The molecule has 0 unspecified atom stereocenters. The van der Waals surface area contributed by atoms with E-state index in [0.717, 1.165) is 23.3 Å². The van der Waals surface area contributed by atoms with Crippen LogP contribution in [-0.4, -0.2) is 21.6 Å². The number of benzene rings is 1. The fourth-order valence-corrected chi connectivity index (χ4v) is 3.12. The molecule has 0 aromatic heterocycles. The largest absolute Gasteiger partial charge is 0.494 e. The number of hydrogen-bond donors (Lipinski definition) is 1. The van der Waals surface area contributed by atoms with Gasteiger partial charge in [-0.3, -0.25) is 0 Å². The molecule has 0 heterocycles. The van der Waals surface area contributed by atoms with Gasteiger partial charge < -0.3 is 4.74 Å². The maximum Gasteiger partial charge on any atom is 0.240 e. The van der Waals surface area contributed by atoms with E-state index in [1.165, 1.54) is 0 Å². The standard InChI is InChI=1S/C13H21NO3S/c1-5-9-14-18(15,16)13-8-7-12(17-6-2)10(3)11(13)4/h7-8,14H,5-6,9H2,1-4H3. The van der Waals surface area contributed by atoms with Crippen LogP contribution in [0.3, 0.4) is 0 Å². The van der Waals surface area contributed by atoms with Gasteiger partial charge in [-0.15, -0.1) is 0 Å². The van der Waals surface area contributed by atoms with E-state index in [2.05, 4.69) is 4.72 Å². The third-order valence-corrected chi connectivity index (χ3v) is 4.42. The lowest BCUT2D eigenvalue weighted by Crippen LogP contribution is -2.25. The highest BCUT2D eigenvalue weighted by molar-refractivity contribution is 7.89. The van der Waals surface area contributed by atoms with Crippen molar-refractivity contribution in [2.24, 2.45) is 0 Å². The molecule has 0 radical (unpaired) electrons. The van der Waals surface area contributed by atoms with Crippen LogP contribution in [-0.2, 0) is 10.0 Å². The van der Waals surface area contributed by atoms with Crippen molar-refractivity contribution < 1.29 is 13.2 Å². The average molecular weight is 271 g/mol. The van der Waals surface area contributed by atoms with Crippen LogP contribution in [0.25, 0.3) is 0 Å². The minimum absolute atomic E-state index is 0.330. The second-order valence-electron chi connectivity index (χ2n) is 4.14. The SMILES string of the molecule is CCCNS(=O)(=O)c1ccc(OCC)c(C)c1C. The molecule has 1 rings (SSSR count). The van der Waals surface area contributed by atoms with E-state index >= 15 is 0 Å². The van der Waals surface area contributed by atoms with Crippen molar-refractivity contribution in [3.05, 3.63) is 23.3 Å². The Labute approximate surface area is 109 Å². The zero-order valence-electron chi connectivity index (χ0n) is 11.4. The third-order valence-electron chi connectivity index (χ3n) is 2.82. The maximum absolute atomic E-state index is 12.1. The molecule has 0 aliphatic rings. The van der Waals surface area contributed by atoms with Gasteiger partial charge in [-0.1, -0.05) is 6.92 Å². The van der Waals surface area contributed by atoms with Crippen LogP contribution in [0.15, 0.2) is 17.0 Å². The summed E-state index contributed by atoms with van der Waals surface area (Å²) < 4.78 is 32.2. The van der Waals surface area contributed by atoms with Crippen LogP contribution < -0.4 is 9.46 Å². The first-order chi connectivity index (χ1) is 8.44. The van der Waals surface area contributed by atoms with Gasteiger partial charge in [-0.05, 0) is 50.5 Å². The Bertz CT molecular complexity index is 509. The zero-order valence-corrected chi connectivity index (χ0v) is 12.2. The Morgan fingerprint density at radius 2 is 1.83 bits per heavy atom. The van der Waals surface area contributed by atoms with Crippen molar-refractivity contribution >= 4 is 10.0 Å². The first-order valence-electron chi connectivity index (χ1n) is 6.16. The molecule has 0 spiro atoms. The lowest BCUT2D eigenvalue weighted by atomic mass is 10.1. The summed E-state index contributed by atoms with van der Waals surface area (Å²) in [5.74, 6) is 0.740. The monoisotopic (exact) mass is 271 g/mol. The van der Waals surface area contributed by atoms with E-state index < -0.39 is 10.0 Å². The molecule has 0 atom stereocenters. The Morgan fingerprint density at radius 3 is 2.39 bits per heavy atom. The molecule has 0 fully saturated rings. The van der Waals surface area contributed by atoms with Crippen LogP contribution >= 0.6 is 0 Å². The Morgan fingerprint density at radius 1 is 1.17 bits per heavy atom. The molecule has 18 heavy (non-hydrogen) atoms. The normalized spacial score (nSPS) is 11.6. The van der Waals surface area contributed by atoms with Crippen LogP contribution in [0, 0.1) is 13.8 Å². The van der Waals surface area contributed by atoms with Gasteiger partial charge in [0.15, 0.2) is 0 Å². The van der Waals surface area contributed by atoms with Gasteiger partial charge in [0.1, 0.15) is 5.75 Å². The summed E-state index contributed by atoms with van der Waals surface area (Å²) in [6.07, 6.45) is 0.772. The number of rotatable bonds is 6.